The maximum absolute atomic E-state index is 10.1. The van der Waals surface area contributed by atoms with E-state index in [-0.39, 0.29) is 5.69 Å². The van der Waals surface area contributed by atoms with Gasteiger partial charge in [0.05, 0.1) is 12.4 Å². The summed E-state index contributed by atoms with van der Waals surface area (Å²) >= 11 is 0. The first-order valence-corrected chi connectivity index (χ1v) is 3.75. The normalized spacial score (nSPS) is 8.57. The minimum atomic E-state index is -0.990. The third kappa shape index (κ3) is 3.44. The minimum absolute atomic E-state index is 0.0810. The number of hydrogen-bond donors (Lipinski definition) is 2. The largest absolute Gasteiger partial charge is 0.477 e. The van der Waals surface area contributed by atoms with Gasteiger partial charge in [-0.1, -0.05) is 6.07 Å². The van der Waals surface area contributed by atoms with Gasteiger partial charge in [0.1, 0.15) is 5.69 Å². The van der Waals surface area contributed by atoms with Crippen LogP contribution in [-0.2, 0) is 0 Å². The average Bonchev–Trinajstić information content (AvgIpc) is 2.77. The molecule has 0 saturated heterocycles. The number of carbonyl (C=O) groups is 1. The predicted octanol–water partition coefficient (Wildman–Crippen LogP) is 0.584. The lowest BCUT2D eigenvalue weighted by Crippen LogP contribution is -1.97. The van der Waals surface area contributed by atoms with Gasteiger partial charge in [0, 0.05) is 6.20 Å². The van der Waals surface area contributed by atoms with Gasteiger partial charge >= 0.3 is 5.97 Å². The molecule has 0 atom stereocenters. The molecule has 2 rings (SSSR count). The van der Waals surface area contributed by atoms with Gasteiger partial charge in [0.2, 0.25) is 0 Å². The van der Waals surface area contributed by atoms with Crippen molar-refractivity contribution in [3.63, 3.8) is 0 Å². The summed E-state index contributed by atoms with van der Waals surface area (Å²) in [6, 6.07) is 4.76. The van der Waals surface area contributed by atoms with Crippen molar-refractivity contribution in [1.29, 1.82) is 0 Å². The van der Waals surface area contributed by atoms with Crippen molar-refractivity contribution >= 4 is 5.97 Å². The number of carboxylic acids is 1. The van der Waals surface area contributed by atoms with Gasteiger partial charge < -0.3 is 5.11 Å². The van der Waals surface area contributed by atoms with Gasteiger partial charge in [-0.3, -0.25) is 0 Å². The highest BCUT2D eigenvalue weighted by Crippen LogP contribution is 1.90. The van der Waals surface area contributed by atoms with Crippen molar-refractivity contribution in [2.24, 2.45) is 0 Å². The molecule has 0 bridgehead atoms. The Hall–Kier alpha value is -2.24. The molecule has 0 unspecified atom stereocenters. The van der Waals surface area contributed by atoms with Crippen LogP contribution in [0.1, 0.15) is 10.5 Å². The highest BCUT2D eigenvalue weighted by molar-refractivity contribution is 5.85. The van der Waals surface area contributed by atoms with E-state index in [1.807, 2.05) is 0 Å². The number of nitrogens with zero attached hydrogens (tertiary/aromatic N) is 3. The number of hydrogen-bond acceptors (Lipinski definition) is 4. The lowest BCUT2D eigenvalue weighted by Gasteiger charge is -1.87. The van der Waals surface area contributed by atoms with Crippen LogP contribution in [0.25, 0.3) is 0 Å². The monoisotopic (exact) mass is 192 g/mol. The highest BCUT2D eigenvalue weighted by Gasteiger charge is 1.98. The van der Waals surface area contributed by atoms with E-state index in [2.05, 4.69) is 20.4 Å². The summed E-state index contributed by atoms with van der Waals surface area (Å²) in [7, 11) is 0. The molecule has 0 radical (unpaired) electrons. The molecule has 0 aliphatic rings. The van der Waals surface area contributed by atoms with Crippen molar-refractivity contribution in [2.45, 2.75) is 0 Å². The molecule has 72 valence electrons. The molecule has 0 aliphatic carbocycles. The van der Waals surface area contributed by atoms with Crippen molar-refractivity contribution in [3.05, 3.63) is 42.5 Å². The summed E-state index contributed by atoms with van der Waals surface area (Å²) in [5.74, 6) is -0.990. The van der Waals surface area contributed by atoms with Crippen molar-refractivity contribution in [3.8, 4) is 0 Å². The van der Waals surface area contributed by atoms with Gasteiger partial charge in [-0.15, -0.1) is 0 Å². The SMILES string of the molecule is O=C(O)c1ccccn1.c1cn[nH]n1. The first-order chi connectivity index (χ1) is 6.80. The lowest BCUT2D eigenvalue weighted by atomic mass is 10.4. The maximum Gasteiger partial charge on any atom is 0.354 e. The van der Waals surface area contributed by atoms with E-state index < -0.39 is 5.97 Å². The third-order valence-corrected chi connectivity index (χ3v) is 1.22. The van der Waals surface area contributed by atoms with E-state index in [4.69, 9.17) is 5.11 Å². The summed E-state index contributed by atoms with van der Waals surface area (Å²) in [4.78, 5) is 13.7. The summed E-state index contributed by atoms with van der Waals surface area (Å²) in [5, 5.41) is 17.7. The van der Waals surface area contributed by atoms with E-state index in [1.165, 1.54) is 12.3 Å². The second kappa shape index (κ2) is 5.41. The number of nitrogens with one attached hydrogen (secondary N) is 1. The van der Waals surface area contributed by atoms with E-state index in [1.54, 1.807) is 24.5 Å². The molecule has 0 amide bonds. The standard InChI is InChI=1S/C6H5NO2.C2H3N3/c8-6(9)5-3-1-2-4-7-5;1-2-4-5-3-1/h1-4H,(H,8,9);1-2H,(H,3,4,5). The second-order valence-corrected chi connectivity index (χ2v) is 2.18. The Morgan fingerprint density at radius 3 is 2.21 bits per heavy atom. The van der Waals surface area contributed by atoms with Crippen LogP contribution in [0.2, 0.25) is 0 Å². The molecular weight excluding hydrogens is 184 g/mol. The number of aromatic amines is 1. The molecule has 0 fully saturated rings. The molecule has 0 saturated carbocycles. The number of H-pyrrole nitrogens is 1. The summed E-state index contributed by atoms with van der Waals surface area (Å²) < 4.78 is 0. The summed E-state index contributed by atoms with van der Waals surface area (Å²) in [6.45, 7) is 0. The summed E-state index contributed by atoms with van der Waals surface area (Å²) in [5.41, 5.74) is 0.0810. The fourth-order valence-electron chi connectivity index (χ4n) is 0.656. The van der Waals surface area contributed by atoms with Crippen molar-refractivity contribution < 1.29 is 9.90 Å². The number of rotatable bonds is 1. The van der Waals surface area contributed by atoms with Crippen LogP contribution >= 0.6 is 0 Å². The predicted molar refractivity (Wildman–Crippen MR) is 47.6 cm³/mol. The van der Waals surface area contributed by atoms with E-state index in [0.29, 0.717) is 0 Å². The Bertz CT molecular complexity index is 343. The second-order valence-electron chi connectivity index (χ2n) is 2.18. The Morgan fingerprint density at radius 1 is 1.21 bits per heavy atom. The lowest BCUT2D eigenvalue weighted by molar-refractivity contribution is 0.0690. The third-order valence-electron chi connectivity index (χ3n) is 1.22. The molecule has 6 nitrogen and oxygen atoms in total. The molecular formula is C8H8N4O2. The van der Waals surface area contributed by atoms with Crippen LogP contribution < -0.4 is 0 Å². The van der Waals surface area contributed by atoms with E-state index >= 15 is 0 Å². The summed E-state index contributed by atoms with van der Waals surface area (Å²) in [6.07, 6.45) is 4.61. The fraction of sp³-hybridized carbons (Fsp3) is 0. The smallest absolute Gasteiger partial charge is 0.354 e. The molecule has 6 heteroatoms. The molecule has 2 aromatic heterocycles. The number of aromatic carboxylic acids is 1. The zero-order chi connectivity index (χ0) is 10.2. The molecule has 0 aromatic carbocycles. The number of carboxylic acid groups (broad SMARTS) is 1. The molecule has 14 heavy (non-hydrogen) atoms. The molecule has 0 aliphatic heterocycles. The van der Waals surface area contributed by atoms with Crippen molar-refractivity contribution in [1.82, 2.24) is 20.4 Å². The highest BCUT2D eigenvalue weighted by atomic mass is 16.4. The Morgan fingerprint density at radius 2 is 1.93 bits per heavy atom. The minimum Gasteiger partial charge on any atom is -0.477 e. The van der Waals surface area contributed by atoms with Gasteiger partial charge in [0.15, 0.2) is 0 Å². The van der Waals surface area contributed by atoms with Gasteiger partial charge in [-0.25, -0.2) is 9.78 Å². The van der Waals surface area contributed by atoms with Gasteiger partial charge in [-0.2, -0.15) is 15.4 Å². The first-order valence-electron chi connectivity index (χ1n) is 3.75. The van der Waals surface area contributed by atoms with Crippen LogP contribution in [0, 0.1) is 0 Å². The zero-order valence-corrected chi connectivity index (χ0v) is 7.16. The molecule has 2 aromatic rings. The Kier molecular flexibility index (Phi) is 3.81. The molecule has 0 spiro atoms. The maximum atomic E-state index is 10.1. The molecule has 2 N–H and O–H groups in total. The van der Waals surface area contributed by atoms with Crippen molar-refractivity contribution in [2.75, 3.05) is 0 Å². The fourth-order valence-corrected chi connectivity index (χ4v) is 0.656. The van der Waals surface area contributed by atoms with Crippen LogP contribution in [0.3, 0.4) is 0 Å². The first kappa shape index (κ1) is 9.85. The zero-order valence-electron chi connectivity index (χ0n) is 7.16. The molecule has 2 heterocycles. The van der Waals surface area contributed by atoms with Gasteiger partial charge in [0.25, 0.3) is 0 Å². The van der Waals surface area contributed by atoms with Gasteiger partial charge in [-0.05, 0) is 12.1 Å². The van der Waals surface area contributed by atoms with Crippen LogP contribution in [0.5, 0.6) is 0 Å². The number of aromatic nitrogens is 4. The van der Waals surface area contributed by atoms with Crippen LogP contribution in [0.4, 0.5) is 0 Å². The quantitative estimate of drug-likeness (QED) is 0.689. The number of pyridine rings is 1. The van der Waals surface area contributed by atoms with Crippen LogP contribution in [0.15, 0.2) is 36.8 Å². The average molecular weight is 192 g/mol. The van der Waals surface area contributed by atoms with Crippen LogP contribution in [-0.4, -0.2) is 31.5 Å². The Balaban J connectivity index is 0.000000165. The van der Waals surface area contributed by atoms with E-state index in [9.17, 15) is 4.79 Å². The topological polar surface area (TPSA) is 91.8 Å². The Labute approximate surface area is 79.6 Å². The van der Waals surface area contributed by atoms with E-state index in [0.717, 1.165) is 0 Å².